The largest absolute Gasteiger partial charge is 0.464 e. The second-order valence-corrected chi connectivity index (χ2v) is 4.48. The molecule has 0 aliphatic carbocycles. The molecule has 2 aromatic rings. The van der Waals surface area contributed by atoms with E-state index < -0.39 is 11.8 Å². The molecule has 0 aliphatic rings. The van der Waals surface area contributed by atoms with Crippen LogP contribution in [0.1, 0.15) is 16.1 Å². The summed E-state index contributed by atoms with van der Waals surface area (Å²) in [7, 11) is 1.17. The maximum Gasteiger partial charge on any atom is 0.358 e. The van der Waals surface area contributed by atoms with Gasteiger partial charge in [0.25, 0.3) is 0 Å². The van der Waals surface area contributed by atoms with Gasteiger partial charge >= 0.3 is 5.97 Å². The molecule has 2 rings (SSSR count). The standard InChI is InChI=1S/C13H12ClFN4O2/c1-21-13(20)10-9(14)11(17)19-12(18-10)7-3-2-6(5-16)4-8(7)15/h2-4H,5,16H2,1H3,(H2,17,18,19). The Morgan fingerprint density at radius 3 is 2.71 bits per heavy atom. The fourth-order valence-electron chi connectivity index (χ4n) is 1.68. The van der Waals surface area contributed by atoms with Crippen molar-refractivity contribution < 1.29 is 13.9 Å². The van der Waals surface area contributed by atoms with Gasteiger partial charge in [0.2, 0.25) is 0 Å². The molecule has 21 heavy (non-hydrogen) atoms. The number of rotatable bonds is 3. The number of carbonyl (C=O) groups excluding carboxylic acids is 1. The molecule has 1 aromatic carbocycles. The number of aromatic nitrogens is 2. The third-order valence-corrected chi connectivity index (χ3v) is 3.14. The van der Waals surface area contributed by atoms with Gasteiger partial charge in [0.1, 0.15) is 16.7 Å². The summed E-state index contributed by atoms with van der Waals surface area (Å²) in [6.07, 6.45) is 0. The highest BCUT2D eigenvalue weighted by atomic mass is 35.5. The van der Waals surface area contributed by atoms with Gasteiger partial charge in [-0.2, -0.15) is 0 Å². The van der Waals surface area contributed by atoms with Crippen molar-refractivity contribution in [3.63, 3.8) is 0 Å². The smallest absolute Gasteiger partial charge is 0.358 e. The lowest BCUT2D eigenvalue weighted by atomic mass is 10.1. The van der Waals surface area contributed by atoms with Crippen molar-refractivity contribution in [3.8, 4) is 11.4 Å². The number of anilines is 1. The van der Waals surface area contributed by atoms with Crippen molar-refractivity contribution in [1.29, 1.82) is 0 Å². The maximum absolute atomic E-state index is 14.0. The molecular weight excluding hydrogens is 299 g/mol. The Morgan fingerprint density at radius 1 is 1.43 bits per heavy atom. The van der Waals surface area contributed by atoms with Crippen LogP contribution in [-0.2, 0) is 11.3 Å². The predicted octanol–water partition coefficient (Wildman–Crippen LogP) is 1.76. The summed E-state index contributed by atoms with van der Waals surface area (Å²) >= 11 is 5.85. The van der Waals surface area contributed by atoms with Gasteiger partial charge in [-0.3, -0.25) is 0 Å². The average Bonchev–Trinajstić information content (AvgIpc) is 2.49. The van der Waals surface area contributed by atoms with Crippen LogP contribution in [0.2, 0.25) is 5.02 Å². The monoisotopic (exact) mass is 310 g/mol. The van der Waals surface area contributed by atoms with Crippen LogP contribution in [-0.4, -0.2) is 23.0 Å². The first-order valence-electron chi connectivity index (χ1n) is 5.88. The van der Waals surface area contributed by atoms with Crippen molar-refractivity contribution in [1.82, 2.24) is 9.97 Å². The van der Waals surface area contributed by atoms with E-state index in [2.05, 4.69) is 14.7 Å². The quantitative estimate of drug-likeness (QED) is 0.837. The van der Waals surface area contributed by atoms with Crippen LogP contribution in [0.15, 0.2) is 18.2 Å². The van der Waals surface area contributed by atoms with E-state index in [-0.39, 0.29) is 34.5 Å². The number of esters is 1. The molecular formula is C13H12ClFN4O2. The van der Waals surface area contributed by atoms with E-state index in [1.165, 1.54) is 19.2 Å². The number of nitrogens with zero attached hydrogens (tertiary/aromatic N) is 2. The molecule has 8 heteroatoms. The molecule has 1 aromatic heterocycles. The number of hydrogen-bond donors (Lipinski definition) is 2. The second-order valence-electron chi connectivity index (χ2n) is 4.10. The first kappa shape index (κ1) is 15.1. The maximum atomic E-state index is 14.0. The summed E-state index contributed by atoms with van der Waals surface area (Å²) in [4.78, 5) is 19.4. The fraction of sp³-hybridized carbons (Fsp3) is 0.154. The van der Waals surface area contributed by atoms with Gasteiger partial charge < -0.3 is 16.2 Å². The van der Waals surface area contributed by atoms with Gasteiger partial charge in [0, 0.05) is 6.54 Å². The first-order valence-corrected chi connectivity index (χ1v) is 6.26. The van der Waals surface area contributed by atoms with Gasteiger partial charge in [-0.1, -0.05) is 17.7 Å². The molecule has 0 amide bonds. The molecule has 0 aliphatic heterocycles. The number of halogens is 2. The number of hydrogen-bond acceptors (Lipinski definition) is 6. The van der Waals surface area contributed by atoms with E-state index in [4.69, 9.17) is 23.1 Å². The van der Waals surface area contributed by atoms with Crippen LogP contribution in [0, 0.1) is 5.82 Å². The number of nitrogens with two attached hydrogens (primary N) is 2. The Morgan fingerprint density at radius 2 is 2.14 bits per heavy atom. The molecule has 0 bridgehead atoms. The topological polar surface area (TPSA) is 104 Å². The SMILES string of the molecule is COC(=O)c1nc(-c2ccc(CN)cc2F)nc(N)c1Cl. The highest BCUT2D eigenvalue weighted by Crippen LogP contribution is 2.27. The van der Waals surface area contributed by atoms with Crippen molar-refractivity contribution >= 4 is 23.4 Å². The lowest BCUT2D eigenvalue weighted by Crippen LogP contribution is -2.10. The molecule has 110 valence electrons. The first-order chi connectivity index (χ1) is 9.97. The zero-order valence-electron chi connectivity index (χ0n) is 11.1. The third kappa shape index (κ3) is 2.93. The lowest BCUT2D eigenvalue weighted by Gasteiger charge is -2.08. The molecule has 4 N–H and O–H groups in total. The predicted molar refractivity (Wildman–Crippen MR) is 76.1 cm³/mol. The van der Waals surface area contributed by atoms with Crippen molar-refractivity contribution in [2.75, 3.05) is 12.8 Å². The summed E-state index contributed by atoms with van der Waals surface area (Å²) in [6, 6.07) is 4.35. The summed E-state index contributed by atoms with van der Waals surface area (Å²) in [5.41, 5.74) is 11.5. The summed E-state index contributed by atoms with van der Waals surface area (Å²) in [6.45, 7) is 0.203. The van der Waals surface area contributed by atoms with Crippen LogP contribution in [0.25, 0.3) is 11.4 Å². The molecule has 6 nitrogen and oxygen atoms in total. The van der Waals surface area contributed by atoms with Crippen molar-refractivity contribution in [2.45, 2.75) is 6.54 Å². The third-order valence-electron chi connectivity index (χ3n) is 2.77. The van der Waals surface area contributed by atoms with Gasteiger partial charge in [-0.25, -0.2) is 19.2 Å². The fourth-order valence-corrected chi connectivity index (χ4v) is 1.85. The number of ether oxygens (including phenoxy) is 1. The minimum absolute atomic E-state index is 0.0571. The molecule has 0 saturated heterocycles. The molecule has 0 saturated carbocycles. The highest BCUT2D eigenvalue weighted by Gasteiger charge is 2.20. The van der Waals surface area contributed by atoms with Crippen molar-refractivity contribution in [3.05, 3.63) is 40.3 Å². The van der Waals surface area contributed by atoms with Crippen molar-refractivity contribution in [2.24, 2.45) is 5.73 Å². The van der Waals surface area contributed by atoms with Gasteiger partial charge in [-0.15, -0.1) is 0 Å². The lowest BCUT2D eigenvalue weighted by molar-refractivity contribution is 0.0594. The highest BCUT2D eigenvalue weighted by molar-refractivity contribution is 6.35. The molecule has 1 heterocycles. The minimum atomic E-state index is -0.783. The normalized spacial score (nSPS) is 10.5. The Labute approximate surface area is 124 Å². The number of methoxy groups -OCH3 is 1. The number of carbonyl (C=O) groups is 1. The Bertz CT molecular complexity index is 709. The Hall–Kier alpha value is -2.25. The Kier molecular flexibility index (Phi) is 4.35. The van der Waals surface area contributed by atoms with Crippen LogP contribution in [0.5, 0.6) is 0 Å². The summed E-state index contributed by atoms with van der Waals surface area (Å²) in [5.74, 6) is -1.55. The van der Waals surface area contributed by atoms with E-state index in [1.54, 1.807) is 6.07 Å². The molecule has 0 spiro atoms. The zero-order chi connectivity index (χ0) is 15.6. The van der Waals surface area contributed by atoms with E-state index in [9.17, 15) is 9.18 Å². The van der Waals surface area contributed by atoms with E-state index in [1.807, 2.05) is 0 Å². The molecule has 0 fully saturated rings. The van der Waals surface area contributed by atoms with E-state index in [0.717, 1.165) is 0 Å². The number of nitrogen functional groups attached to an aromatic ring is 1. The molecule has 0 radical (unpaired) electrons. The summed E-state index contributed by atoms with van der Waals surface area (Å²) in [5, 5.41) is -0.135. The second kappa shape index (κ2) is 6.02. The van der Waals surface area contributed by atoms with Gasteiger partial charge in [0.15, 0.2) is 11.5 Å². The average molecular weight is 311 g/mol. The van der Waals surface area contributed by atoms with E-state index >= 15 is 0 Å². The van der Waals surface area contributed by atoms with Gasteiger partial charge in [-0.05, 0) is 17.7 Å². The van der Waals surface area contributed by atoms with Crippen LogP contribution in [0.4, 0.5) is 10.2 Å². The minimum Gasteiger partial charge on any atom is -0.464 e. The van der Waals surface area contributed by atoms with E-state index in [0.29, 0.717) is 5.56 Å². The molecule has 0 atom stereocenters. The number of benzene rings is 1. The zero-order valence-corrected chi connectivity index (χ0v) is 11.8. The Balaban J connectivity index is 2.59. The van der Waals surface area contributed by atoms with Gasteiger partial charge in [0.05, 0.1) is 12.7 Å². The van der Waals surface area contributed by atoms with Crippen LogP contribution >= 0.6 is 11.6 Å². The summed E-state index contributed by atoms with van der Waals surface area (Å²) < 4.78 is 18.6. The van der Waals surface area contributed by atoms with Crippen LogP contribution < -0.4 is 11.5 Å². The van der Waals surface area contributed by atoms with Crippen LogP contribution in [0.3, 0.4) is 0 Å². The molecule has 0 unspecified atom stereocenters.